The van der Waals surface area contributed by atoms with Crippen LogP contribution >= 0.6 is 15.9 Å². The number of rotatable bonds is 8. The highest BCUT2D eigenvalue weighted by atomic mass is 79.9. The minimum Gasteiger partial charge on any atom is -0.459 e. The molecule has 0 heterocycles. The van der Waals surface area contributed by atoms with E-state index < -0.39 is 14.4 Å². The third-order valence-electron chi connectivity index (χ3n) is 5.34. The number of ether oxygens (including phenoxy) is 1. The van der Waals surface area contributed by atoms with Crippen LogP contribution in [-0.2, 0) is 27.0 Å². The lowest BCUT2D eigenvalue weighted by molar-refractivity contribution is -0.154. The summed E-state index contributed by atoms with van der Waals surface area (Å²) in [6.45, 7) is 11.2. The van der Waals surface area contributed by atoms with E-state index in [1.807, 2.05) is 42.5 Å². The lowest BCUT2D eigenvalue weighted by atomic mass is 10.1. The highest BCUT2D eigenvalue weighted by Crippen LogP contribution is 2.38. The van der Waals surface area contributed by atoms with Crippen molar-refractivity contribution in [2.24, 2.45) is 0 Å². The Bertz CT molecular complexity index is 752. The van der Waals surface area contributed by atoms with Gasteiger partial charge in [0.2, 0.25) is 0 Å². The molecule has 0 unspecified atom stereocenters. The summed E-state index contributed by atoms with van der Waals surface area (Å²) in [6, 6.07) is 17.9. The summed E-state index contributed by atoms with van der Waals surface area (Å²) < 4.78 is 13.1. The number of esters is 1. The van der Waals surface area contributed by atoms with Crippen molar-refractivity contribution in [1.29, 1.82) is 0 Å². The molecule has 3 nitrogen and oxygen atoms in total. The zero-order valence-corrected chi connectivity index (χ0v) is 20.1. The first-order valence-electron chi connectivity index (χ1n) is 9.71. The van der Waals surface area contributed by atoms with Crippen LogP contribution in [0, 0.1) is 0 Å². The van der Waals surface area contributed by atoms with E-state index in [2.05, 4.69) is 61.9 Å². The molecule has 0 aliphatic rings. The molecule has 0 amide bonds. The number of halogens is 1. The SMILES string of the molecule is CC(C)(C)[Si](C)(C)O[C@H](CCc1ccc(Br)cc1)C(=O)OCc1ccccc1. The van der Waals surface area contributed by atoms with Gasteiger partial charge in [0.1, 0.15) is 12.7 Å². The van der Waals surface area contributed by atoms with Gasteiger partial charge < -0.3 is 9.16 Å². The van der Waals surface area contributed by atoms with Crippen molar-refractivity contribution >= 4 is 30.2 Å². The minimum absolute atomic E-state index is 0.0303. The van der Waals surface area contributed by atoms with Gasteiger partial charge in [0.25, 0.3) is 0 Å². The van der Waals surface area contributed by atoms with Gasteiger partial charge in [-0.2, -0.15) is 0 Å². The highest BCUT2D eigenvalue weighted by molar-refractivity contribution is 9.10. The fourth-order valence-electron chi connectivity index (χ4n) is 2.53. The quantitative estimate of drug-likeness (QED) is 0.330. The Labute approximate surface area is 178 Å². The second-order valence-electron chi connectivity index (χ2n) is 8.63. The normalized spacial score (nSPS) is 13.2. The zero-order valence-electron chi connectivity index (χ0n) is 17.5. The largest absolute Gasteiger partial charge is 0.459 e. The van der Waals surface area contributed by atoms with E-state index in [4.69, 9.17) is 9.16 Å². The molecule has 0 radical (unpaired) electrons. The third kappa shape index (κ3) is 6.87. The van der Waals surface area contributed by atoms with Crippen molar-refractivity contribution in [3.8, 4) is 0 Å². The van der Waals surface area contributed by atoms with Gasteiger partial charge in [-0.25, -0.2) is 4.79 Å². The van der Waals surface area contributed by atoms with Crippen LogP contribution in [0.5, 0.6) is 0 Å². The third-order valence-corrected chi connectivity index (χ3v) is 10.4. The van der Waals surface area contributed by atoms with Gasteiger partial charge in [-0.3, -0.25) is 0 Å². The predicted octanol–water partition coefficient (Wildman–Crippen LogP) is 6.52. The van der Waals surface area contributed by atoms with Crippen LogP contribution in [0.25, 0.3) is 0 Å². The van der Waals surface area contributed by atoms with E-state index in [1.54, 1.807) is 0 Å². The molecule has 0 saturated carbocycles. The number of carbonyl (C=O) groups is 1. The number of aryl methyl sites for hydroxylation is 1. The van der Waals surface area contributed by atoms with E-state index in [0.717, 1.165) is 16.5 Å². The molecule has 0 saturated heterocycles. The van der Waals surface area contributed by atoms with Crippen molar-refractivity contribution in [3.63, 3.8) is 0 Å². The Morgan fingerprint density at radius 3 is 2.18 bits per heavy atom. The Morgan fingerprint density at radius 2 is 1.61 bits per heavy atom. The van der Waals surface area contributed by atoms with Crippen LogP contribution in [0.1, 0.15) is 38.3 Å². The standard InChI is InChI=1S/C23H31BrO3Si/c1-23(2,3)28(4,5)27-21(16-13-18-11-14-20(24)15-12-18)22(25)26-17-19-9-7-6-8-10-19/h6-12,14-15,21H,13,16-17H2,1-5H3/t21-/m1/s1. The highest BCUT2D eigenvalue weighted by Gasteiger charge is 2.41. The molecule has 2 aromatic carbocycles. The fraction of sp³-hybridized carbons (Fsp3) is 0.435. The van der Waals surface area contributed by atoms with Crippen molar-refractivity contribution < 1.29 is 14.0 Å². The summed E-state index contributed by atoms with van der Waals surface area (Å²) in [5, 5.41) is 0.0303. The topological polar surface area (TPSA) is 35.5 Å². The van der Waals surface area contributed by atoms with E-state index in [9.17, 15) is 4.79 Å². The predicted molar refractivity (Wildman–Crippen MR) is 121 cm³/mol. The summed E-state index contributed by atoms with van der Waals surface area (Å²) >= 11 is 3.46. The van der Waals surface area contributed by atoms with Crippen molar-refractivity contribution in [3.05, 3.63) is 70.2 Å². The maximum Gasteiger partial charge on any atom is 0.334 e. The molecule has 28 heavy (non-hydrogen) atoms. The maximum absolute atomic E-state index is 12.9. The van der Waals surface area contributed by atoms with Crippen LogP contribution in [0.2, 0.25) is 18.1 Å². The van der Waals surface area contributed by atoms with E-state index in [1.165, 1.54) is 5.56 Å². The molecule has 0 aromatic heterocycles. The van der Waals surface area contributed by atoms with Gasteiger partial charge in [-0.1, -0.05) is 79.2 Å². The number of hydrogen-bond acceptors (Lipinski definition) is 3. The van der Waals surface area contributed by atoms with E-state index in [-0.39, 0.29) is 17.6 Å². The number of benzene rings is 2. The maximum atomic E-state index is 12.9. The van der Waals surface area contributed by atoms with E-state index >= 15 is 0 Å². The Kier molecular flexibility index (Phi) is 8.04. The monoisotopic (exact) mass is 462 g/mol. The molecule has 0 N–H and O–H groups in total. The Hall–Kier alpha value is -1.43. The molecular formula is C23H31BrO3Si. The van der Waals surface area contributed by atoms with Gasteiger partial charge in [-0.05, 0) is 54.2 Å². The summed E-state index contributed by atoms with van der Waals surface area (Å²) in [5.74, 6) is -0.272. The van der Waals surface area contributed by atoms with Gasteiger partial charge in [0.05, 0.1) is 0 Å². The van der Waals surface area contributed by atoms with Crippen LogP contribution in [0.3, 0.4) is 0 Å². The summed E-state index contributed by atoms with van der Waals surface area (Å²) in [6.07, 6.45) is 0.836. The first kappa shape index (κ1) is 22.9. The molecule has 0 aliphatic carbocycles. The van der Waals surface area contributed by atoms with Crippen molar-refractivity contribution in [2.45, 2.75) is 64.5 Å². The molecule has 5 heteroatoms. The van der Waals surface area contributed by atoms with Crippen molar-refractivity contribution in [2.75, 3.05) is 0 Å². The summed E-state index contributed by atoms with van der Waals surface area (Å²) in [7, 11) is -2.09. The minimum atomic E-state index is -2.09. The molecule has 0 fully saturated rings. The molecule has 152 valence electrons. The fourth-order valence-corrected chi connectivity index (χ4v) is 4.07. The summed E-state index contributed by atoms with van der Waals surface area (Å²) in [5.41, 5.74) is 2.16. The smallest absolute Gasteiger partial charge is 0.334 e. The second-order valence-corrected chi connectivity index (χ2v) is 14.3. The van der Waals surface area contributed by atoms with Crippen LogP contribution in [0.15, 0.2) is 59.1 Å². The second kappa shape index (κ2) is 9.86. The van der Waals surface area contributed by atoms with Gasteiger partial charge in [0, 0.05) is 4.47 Å². The molecule has 1 atom stereocenters. The molecule has 0 spiro atoms. The van der Waals surface area contributed by atoms with Crippen molar-refractivity contribution in [1.82, 2.24) is 0 Å². The van der Waals surface area contributed by atoms with Gasteiger partial charge in [0.15, 0.2) is 8.32 Å². The molecule has 2 aromatic rings. The molecule has 2 rings (SSSR count). The first-order valence-corrected chi connectivity index (χ1v) is 13.4. The molecular weight excluding hydrogens is 432 g/mol. The number of carbonyl (C=O) groups excluding carboxylic acids is 1. The lowest BCUT2D eigenvalue weighted by Crippen LogP contribution is -2.46. The molecule has 0 bridgehead atoms. The Morgan fingerprint density at radius 1 is 1.00 bits per heavy atom. The lowest BCUT2D eigenvalue weighted by Gasteiger charge is -2.38. The average molecular weight is 463 g/mol. The Balaban J connectivity index is 2.07. The molecule has 0 aliphatic heterocycles. The van der Waals surface area contributed by atoms with Crippen LogP contribution < -0.4 is 0 Å². The zero-order chi connectivity index (χ0) is 20.8. The van der Waals surface area contributed by atoms with Crippen LogP contribution in [-0.4, -0.2) is 20.4 Å². The first-order chi connectivity index (χ1) is 13.1. The van der Waals surface area contributed by atoms with Crippen LogP contribution in [0.4, 0.5) is 0 Å². The van der Waals surface area contributed by atoms with E-state index in [0.29, 0.717) is 6.42 Å². The average Bonchev–Trinajstić information content (AvgIpc) is 2.64. The number of hydrogen-bond donors (Lipinski definition) is 0. The van der Waals surface area contributed by atoms with Gasteiger partial charge >= 0.3 is 5.97 Å². The van der Waals surface area contributed by atoms with Gasteiger partial charge in [-0.15, -0.1) is 0 Å². The summed E-state index contributed by atoms with van der Waals surface area (Å²) in [4.78, 5) is 12.9.